The van der Waals surface area contributed by atoms with E-state index in [-0.39, 0.29) is 49.9 Å². The molecule has 51 heavy (non-hydrogen) atoms. The SMILES string of the molecule is COC(=O)CNC(=O)CNC(=O)Cn1ncc2c(-c3cc4c(cnn4C(=O)C4CCN(C(=O)CCC(=O)OC(C)(C)C)CC4)cc3F)cccc21. The summed E-state index contributed by atoms with van der Waals surface area (Å²) in [6.45, 7) is 5.10. The topological polar surface area (TPSA) is 184 Å². The average molecular weight is 706 g/mol. The summed E-state index contributed by atoms with van der Waals surface area (Å²) >= 11 is 0. The highest BCUT2D eigenvalue weighted by Crippen LogP contribution is 2.34. The van der Waals surface area contributed by atoms with Crippen molar-refractivity contribution < 1.29 is 42.6 Å². The second-order valence-corrected chi connectivity index (χ2v) is 13.2. The molecule has 3 amide bonds. The summed E-state index contributed by atoms with van der Waals surface area (Å²) in [5.74, 6) is -3.53. The maximum Gasteiger partial charge on any atom is 0.325 e. The van der Waals surface area contributed by atoms with E-state index in [4.69, 9.17) is 4.74 Å². The van der Waals surface area contributed by atoms with Crippen molar-refractivity contribution >= 4 is 57.4 Å². The Morgan fingerprint density at radius 1 is 0.882 bits per heavy atom. The maximum absolute atomic E-state index is 15.6. The van der Waals surface area contributed by atoms with Crippen molar-refractivity contribution in [2.45, 2.75) is 58.6 Å². The van der Waals surface area contributed by atoms with Crippen molar-refractivity contribution in [3.63, 3.8) is 0 Å². The van der Waals surface area contributed by atoms with Crippen LogP contribution in [0.5, 0.6) is 0 Å². The average Bonchev–Trinajstić information content (AvgIpc) is 3.70. The zero-order chi connectivity index (χ0) is 36.9. The summed E-state index contributed by atoms with van der Waals surface area (Å²) in [5, 5.41) is 14.4. The van der Waals surface area contributed by atoms with Crippen LogP contribution in [0.3, 0.4) is 0 Å². The van der Waals surface area contributed by atoms with Crippen LogP contribution in [0.1, 0.15) is 51.2 Å². The summed E-state index contributed by atoms with van der Waals surface area (Å²) in [5.41, 5.74) is 1.02. The first-order chi connectivity index (χ1) is 24.2. The van der Waals surface area contributed by atoms with Gasteiger partial charge in [-0.3, -0.25) is 33.4 Å². The number of likely N-dealkylation sites (tertiary alicyclic amines) is 1. The van der Waals surface area contributed by atoms with Crippen molar-refractivity contribution in [3.8, 4) is 11.1 Å². The molecule has 1 aliphatic rings. The molecule has 0 saturated carbocycles. The lowest BCUT2D eigenvalue weighted by Gasteiger charge is -2.31. The Labute approximate surface area is 292 Å². The van der Waals surface area contributed by atoms with Crippen LogP contribution in [-0.4, -0.2) is 98.9 Å². The Balaban J connectivity index is 1.25. The quantitative estimate of drug-likeness (QED) is 0.220. The molecule has 1 fully saturated rings. The van der Waals surface area contributed by atoms with Gasteiger partial charge in [-0.15, -0.1) is 0 Å². The number of amides is 3. The zero-order valence-corrected chi connectivity index (χ0v) is 28.9. The number of nitrogens with zero attached hydrogens (tertiary/aromatic N) is 5. The summed E-state index contributed by atoms with van der Waals surface area (Å²) < 4.78 is 28.0. The highest BCUT2D eigenvalue weighted by molar-refractivity contribution is 5.99. The molecular weight excluding hydrogens is 665 g/mol. The molecule has 16 heteroatoms. The molecule has 1 aliphatic heterocycles. The number of rotatable bonds is 11. The Kier molecular flexibility index (Phi) is 11.1. The van der Waals surface area contributed by atoms with Crippen LogP contribution < -0.4 is 10.6 Å². The first-order valence-electron chi connectivity index (χ1n) is 16.5. The van der Waals surface area contributed by atoms with Crippen LogP contribution in [0, 0.1) is 11.7 Å². The van der Waals surface area contributed by atoms with E-state index in [9.17, 15) is 28.8 Å². The number of hydrogen-bond donors (Lipinski definition) is 2. The lowest BCUT2D eigenvalue weighted by molar-refractivity contribution is -0.156. The van der Waals surface area contributed by atoms with Gasteiger partial charge < -0.3 is 25.0 Å². The number of nitrogens with one attached hydrogen (secondary N) is 2. The number of methoxy groups -OCH3 is 1. The molecule has 0 radical (unpaired) electrons. The van der Waals surface area contributed by atoms with E-state index in [0.717, 1.165) is 0 Å². The van der Waals surface area contributed by atoms with Gasteiger partial charge in [-0.05, 0) is 57.4 Å². The smallest absolute Gasteiger partial charge is 0.325 e. The van der Waals surface area contributed by atoms with E-state index in [1.54, 1.807) is 49.9 Å². The molecule has 5 rings (SSSR count). The van der Waals surface area contributed by atoms with Crippen molar-refractivity contribution in [3.05, 3.63) is 48.5 Å². The molecule has 2 aromatic carbocycles. The lowest BCUT2D eigenvalue weighted by Crippen LogP contribution is -2.41. The summed E-state index contributed by atoms with van der Waals surface area (Å²) in [7, 11) is 1.19. The van der Waals surface area contributed by atoms with Crippen LogP contribution >= 0.6 is 0 Å². The fraction of sp³-hybridized carbons (Fsp3) is 0.429. The second kappa shape index (κ2) is 15.5. The number of aromatic nitrogens is 4. The number of halogens is 1. The van der Waals surface area contributed by atoms with Crippen LogP contribution in [0.15, 0.2) is 42.7 Å². The maximum atomic E-state index is 15.6. The Morgan fingerprint density at radius 3 is 2.31 bits per heavy atom. The van der Waals surface area contributed by atoms with Crippen molar-refractivity contribution in [1.82, 2.24) is 35.1 Å². The number of ether oxygens (including phenoxy) is 2. The summed E-state index contributed by atoms with van der Waals surface area (Å²) in [6, 6.07) is 8.01. The van der Waals surface area contributed by atoms with Gasteiger partial charge in [0, 0.05) is 41.8 Å². The van der Waals surface area contributed by atoms with Gasteiger partial charge in [-0.25, -0.2) is 4.39 Å². The molecule has 4 aromatic rings. The van der Waals surface area contributed by atoms with Gasteiger partial charge in [0.05, 0.1) is 43.5 Å². The Morgan fingerprint density at radius 2 is 1.61 bits per heavy atom. The molecule has 0 spiro atoms. The standard InChI is InChI=1S/C35H40FN7O8/c1-35(2,3)51-32(47)9-8-31(46)41-12-10-21(11-13-41)34(49)43-28-15-24(26(36)14-22(28)16-40-43)23-6-5-7-27-25(23)17-39-42(27)20-30(45)37-18-29(44)38-19-33(48)50-4/h5-7,14-17,21H,8-13,18-20H2,1-4H3,(H,37,45)(H,38,44). The Hall–Kier alpha value is -5.67. The van der Waals surface area contributed by atoms with Gasteiger partial charge >= 0.3 is 11.9 Å². The molecule has 0 unspecified atom stereocenters. The fourth-order valence-electron chi connectivity index (χ4n) is 5.88. The van der Waals surface area contributed by atoms with E-state index in [1.165, 1.54) is 34.9 Å². The number of hydrogen-bond acceptors (Lipinski definition) is 10. The highest BCUT2D eigenvalue weighted by Gasteiger charge is 2.30. The first kappa shape index (κ1) is 36.6. The highest BCUT2D eigenvalue weighted by atomic mass is 19.1. The second-order valence-electron chi connectivity index (χ2n) is 13.2. The number of carbonyl (C=O) groups excluding carboxylic acids is 6. The summed E-state index contributed by atoms with van der Waals surface area (Å²) in [6.07, 6.45) is 3.78. The van der Waals surface area contributed by atoms with Gasteiger partial charge in [-0.1, -0.05) is 12.1 Å². The minimum Gasteiger partial charge on any atom is -0.468 e. The third kappa shape index (κ3) is 8.93. The predicted octanol–water partition coefficient (Wildman–Crippen LogP) is 2.60. The van der Waals surface area contributed by atoms with Crippen LogP contribution in [-0.2, 0) is 40.0 Å². The molecule has 0 aliphatic carbocycles. The van der Waals surface area contributed by atoms with E-state index < -0.39 is 41.1 Å². The minimum atomic E-state index is -0.628. The molecule has 270 valence electrons. The monoisotopic (exact) mass is 705 g/mol. The minimum absolute atomic E-state index is 0.0160. The van der Waals surface area contributed by atoms with Crippen LogP contribution in [0.25, 0.3) is 32.9 Å². The van der Waals surface area contributed by atoms with Gasteiger partial charge in [-0.2, -0.15) is 14.9 Å². The van der Waals surface area contributed by atoms with E-state index >= 15 is 4.39 Å². The van der Waals surface area contributed by atoms with Gasteiger partial charge in [0.15, 0.2) is 0 Å². The Bertz CT molecular complexity index is 1990. The molecule has 2 N–H and O–H groups in total. The largest absolute Gasteiger partial charge is 0.468 e. The molecule has 3 heterocycles. The summed E-state index contributed by atoms with van der Waals surface area (Å²) in [4.78, 5) is 75.8. The third-order valence-corrected chi connectivity index (χ3v) is 8.40. The molecule has 2 aromatic heterocycles. The first-order valence-corrected chi connectivity index (χ1v) is 16.5. The molecule has 15 nitrogen and oxygen atoms in total. The molecule has 0 atom stereocenters. The predicted molar refractivity (Wildman–Crippen MR) is 181 cm³/mol. The number of carbonyl (C=O) groups is 6. The number of fused-ring (bicyclic) bond motifs is 2. The van der Waals surface area contributed by atoms with Crippen molar-refractivity contribution in [2.75, 3.05) is 33.3 Å². The number of esters is 2. The van der Waals surface area contributed by atoms with E-state index in [1.807, 2.05) is 0 Å². The van der Waals surface area contributed by atoms with Crippen molar-refractivity contribution in [1.29, 1.82) is 0 Å². The molecular formula is C35H40FN7O8. The number of piperidine rings is 1. The van der Waals surface area contributed by atoms with Crippen LogP contribution in [0.4, 0.5) is 4.39 Å². The normalized spacial score (nSPS) is 13.6. The number of benzene rings is 2. The molecule has 0 bridgehead atoms. The van der Waals surface area contributed by atoms with Gasteiger partial charge in [0.2, 0.25) is 17.7 Å². The van der Waals surface area contributed by atoms with Crippen molar-refractivity contribution in [2.24, 2.45) is 5.92 Å². The van der Waals surface area contributed by atoms with E-state index in [0.29, 0.717) is 53.3 Å². The fourth-order valence-corrected chi connectivity index (χ4v) is 5.88. The van der Waals surface area contributed by atoms with Gasteiger partial charge in [0.1, 0.15) is 24.5 Å². The zero-order valence-electron chi connectivity index (χ0n) is 28.9. The lowest BCUT2D eigenvalue weighted by atomic mass is 9.95. The van der Waals surface area contributed by atoms with Gasteiger partial charge in [0.25, 0.3) is 5.91 Å². The van der Waals surface area contributed by atoms with E-state index in [2.05, 4.69) is 25.6 Å². The third-order valence-electron chi connectivity index (χ3n) is 8.40. The molecule has 1 saturated heterocycles. The van der Waals surface area contributed by atoms with Crippen LogP contribution in [0.2, 0.25) is 0 Å².